The molecule has 0 radical (unpaired) electrons. The monoisotopic (exact) mass is 302 g/mol. The summed E-state index contributed by atoms with van der Waals surface area (Å²) in [6.07, 6.45) is 9.98. The standard InChI is InChI=1S/C20H30O2/c1-13(11-18(21)22)5-7-16-14(2)6-8-17-19(16,3)10-9-15-12-20(15,17)4/h11,15-17H,2,5-10,12H2,1,3-4H3,(H,21,22). The van der Waals surface area contributed by atoms with E-state index in [0.29, 0.717) is 16.7 Å². The van der Waals surface area contributed by atoms with Crippen molar-refractivity contribution in [3.63, 3.8) is 0 Å². The van der Waals surface area contributed by atoms with E-state index in [1.807, 2.05) is 6.92 Å². The average Bonchev–Trinajstić information content (AvgIpc) is 3.08. The van der Waals surface area contributed by atoms with Crippen molar-refractivity contribution in [2.24, 2.45) is 28.6 Å². The second-order valence-electron chi connectivity index (χ2n) is 8.62. The van der Waals surface area contributed by atoms with Crippen LogP contribution in [0.15, 0.2) is 23.8 Å². The smallest absolute Gasteiger partial charge is 0.328 e. The Balaban J connectivity index is 1.76. The van der Waals surface area contributed by atoms with Gasteiger partial charge in [-0.25, -0.2) is 4.79 Å². The summed E-state index contributed by atoms with van der Waals surface area (Å²) in [5, 5.41) is 8.89. The van der Waals surface area contributed by atoms with Crippen LogP contribution >= 0.6 is 0 Å². The summed E-state index contributed by atoms with van der Waals surface area (Å²) in [5.41, 5.74) is 3.39. The molecule has 3 saturated carbocycles. The highest BCUT2D eigenvalue weighted by Gasteiger charge is 2.64. The molecule has 1 N–H and O–H groups in total. The van der Waals surface area contributed by atoms with Crippen LogP contribution in [-0.2, 0) is 4.79 Å². The molecule has 2 nitrogen and oxygen atoms in total. The molecule has 122 valence electrons. The fourth-order valence-electron chi connectivity index (χ4n) is 5.98. The van der Waals surface area contributed by atoms with Crippen molar-refractivity contribution in [2.45, 2.75) is 65.7 Å². The van der Waals surface area contributed by atoms with Gasteiger partial charge in [0.25, 0.3) is 0 Å². The predicted molar refractivity (Wildman–Crippen MR) is 89.5 cm³/mol. The number of aliphatic carboxylic acids is 1. The number of carboxylic acids is 1. The number of carboxylic acid groups (broad SMARTS) is 1. The molecule has 0 spiro atoms. The molecule has 2 heteroatoms. The lowest BCUT2D eigenvalue weighted by atomic mass is 9.50. The minimum absolute atomic E-state index is 0.389. The number of allylic oxidation sites excluding steroid dienone is 2. The van der Waals surface area contributed by atoms with Gasteiger partial charge in [0.05, 0.1) is 0 Å². The molecule has 0 aliphatic heterocycles. The van der Waals surface area contributed by atoms with Crippen molar-refractivity contribution in [2.75, 3.05) is 0 Å². The summed E-state index contributed by atoms with van der Waals surface area (Å²) in [6, 6.07) is 0. The van der Waals surface area contributed by atoms with E-state index in [4.69, 9.17) is 5.11 Å². The minimum atomic E-state index is -0.824. The van der Waals surface area contributed by atoms with E-state index in [9.17, 15) is 4.79 Å². The summed E-state index contributed by atoms with van der Waals surface area (Å²) < 4.78 is 0. The molecule has 0 heterocycles. The van der Waals surface area contributed by atoms with E-state index in [0.717, 1.165) is 30.3 Å². The van der Waals surface area contributed by atoms with Gasteiger partial charge >= 0.3 is 5.97 Å². The number of fused-ring (bicyclic) bond motifs is 3. The van der Waals surface area contributed by atoms with Crippen LogP contribution in [0, 0.1) is 28.6 Å². The second-order valence-corrected chi connectivity index (χ2v) is 8.62. The number of carbonyl (C=O) groups is 1. The third-order valence-corrected chi connectivity index (χ3v) is 7.32. The van der Waals surface area contributed by atoms with Crippen LogP contribution in [0.4, 0.5) is 0 Å². The van der Waals surface area contributed by atoms with Gasteiger partial charge in [-0.3, -0.25) is 0 Å². The van der Waals surface area contributed by atoms with E-state index >= 15 is 0 Å². The zero-order chi connectivity index (χ0) is 16.1. The first-order chi connectivity index (χ1) is 10.3. The topological polar surface area (TPSA) is 37.3 Å². The lowest BCUT2D eigenvalue weighted by Crippen LogP contribution is -2.46. The van der Waals surface area contributed by atoms with Gasteiger partial charge in [0, 0.05) is 6.08 Å². The molecule has 3 fully saturated rings. The lowest BCUT2D eigenvalue weighted by Gasteiger charge is -2.54. The molecule has 22 heavy (non-hydrogen) atoms. The normalized spacial score (nSPS) is 44.2. The van der Waals surface area contributed by atoms with E-state index in [2.05, 4.69) is 20.4 Å². The van der Waals surface area contributed by atoms with Gasteiger partial charge in [0.2, 0.25) is 0 Å². The Kier molecular flexibility index (Phi) is 3.78. The maximum atomic E-state index is 10.8. The number of rotatable bonds is 4. The first kappa shape index (κ1) is 15.8. The van der Waals surface area contributed by atoms with Crippen molar-refractivity contribution in [3.8, 4) is 0 Å². The molecule has 3 aliphatic carbocycles. The fraction of sp³-hybridized carbons (Fsp3) is 0.750. The van der Waals surface area contributed by atoms with E-state index in [1.54, 1.807) is 0 Å². The van der Waals surface area contributed by atoms with Crippen molar-refractivity contribution in [1.29, 1.82) is 0 Å². The summed E-state index contributed by atoms with van der Waals surface area (Å²) >= 11 is 0. The molecular formula is C20H30O2. The zero-order valence-electron chi connectivity index (χ0n) is 14.3. The van der Waals surface area contributed by atoms with Crippen LogP contribution in [0.25, 0.3) is 0 Å². The van der Waals surface area contributed by atoms with Crippen molar-refractivity contribution in [3.05, 3.63) is 23.8 Å². The van der Waals surface area contributed by atoms with Gasteiger partial charge in [-0.1, -0.05) is 31.6 Å². The van der Waals surface area contributed by atoms with E-state index in [-0.39, 0.29) is 0 Å². The molecule has 0 aromatic rings. The molecule has 5 unspecified atom stereocenters. The van der Waals surface area contributed by atoms with Crippen LogP contribution in [0.1, 0.15) is 65.7 Å². The highest BCUT2D eigenvalue weighted by atomic mass is 16.4. The van der Waals surface area contributed by atoms with Crippen molar-refractivity contribution in [1.82, 2.24) is 0 Å². The Morgan fingerprint density at radius 1 is 1.36 bits per heavy atom. The van der Waals surface area contributed by atoms with Crippen LogP contribution in [0.2, 0.25) is 0 Å². The SMILES string of the molecule is C=C1CCC2C3(C)CC3CCC2(C)C1CCC(C)=CC(=O)O. The average molecular weight is 302 g/mol. The van der Waals surface area contributed by atoms with Crippen LogP contribution < -0.4 is 0 Å². The Hall–Kier alpha value is -1.05. The largest absolute Gasteiger partial charge is 0.478 e. The molecule has 0 aromatic heterocycles. The summed E-state index contributed by atoms with van der Waals surface area (Å²) in [4.78, 5) is 10.8. The molecular weight excluding hydrogens is 272 g/mol. The van der Waals surface area contributed by atoms with Gasteiger partial charge in [-0.15, -0.1) is 0 Å². The molecule has 5 atom stereocenters. The van der Waals surface area contributed by atoms with Gasteiger partial charge in [0.15, 0.2) is 0 Å². The summed E-state index contributed by atoms with van der Waals surface area (Å²) in [7, 11) is 0. The van der Waals surface area contributed by atoms with E-state index < -0.39 is 5.97 Å². The van der Waals surface area contributed by atoms with Gasteiger partial charge in [0.1, 0.15) is 0 Å². The Morgan fingerprint density at radius 3 is 2.77 bits per heavy atom. The molecule has 0 amide bonds. The number of hydrogen-bond acceptors (Lipinski definition) is 1. The quantitative estimate of drug-likeness (QED) is 0.572. The molecule has 0 aromatic carbocycles. The van der Waals surface area contributed by atoms with Crippen LogP contribution in [-0.4, -0.2) is 11.1 Å². The van der Waals surface area contributed by atoms with Crippen molar-refractivity contribution < 1.29 is 9.90 Å². The minimum Gasteiger partial charge on any atom is -0.478 e. The lowest BCUT2D eigenvalue weighted by molar-refractivity contribution is -0.131. The van der Waals surface area contributed by atoms with Crippen LogP contribution in [0.5, 0.6) is 0 Å². The highest BCUT2D eigenvalue weighted by Crippen LogP contribution is 2.73. The van der Waals surface area contributed by atoms with Gasteiger partial charge in [-0.05, 0) is 80.5 Å². The predicted octanol–water partition coefficient (Wildman–Crippen LogP) is 5.21. The van der Waals surface area contributed by atoms with Crippen LogP contribution in [0.3, 0.4) is 0 Å². The third-order valence-electron chi connectivity index (χ3n) is 7.32. The summed E-state index contributed by atoms with van der Waals surface area (Å²) in [5.74, 6) is 1.57. The molecule has 0 saturated heterocycles. The summed E-state index contributed by atoms with van der Waals surface area (Å²) in [6.45, 7) is 11.4. The Morgan fingerprint density at radius 2 is 2.09 bits per heavy atom. The number of hydrogen-bond donors (Lipinski definition) is 1. The molecule has 0 bridgehead atoms. The van der Waals surface area contributed by atoms with Crippen molar-refractivity contribution >= 4 is 5.97 Å². The Bertz CT molecular complexity index is 532. The molecule has 3 rings (SSSR count). The molecule has 3 aliphatic rings. The highest BCUT2D eigenvalue weighted by molar-refractivity contribution is 5.80. The fourth-order valence-corrected chi connectivity index (χ4v) is 5.98. The zero-order valence-corrected chi connectivity index (χ0v) is 14.3. The Labute approximate surface area is 134 Å². The first-order valence-corrected chi connectivity index (χ1v) is 8.85. The second kappa shape index (κ2) is 5.25. The maximum absolute atomic E-state index is 10.8. The maximum Gasteiger partial charge on any atom is 0.328 e. The van der Waals surface area contributed by atoms with Gasteiger partial charge < -0.3 is 5.11 Å². The first-order valence-electron chi connectivity index (χ1n) is 8.85. The van der Waals surface area contributed by atoms with Gasteiger partial charge in [-0.2, -0.15) is 0 Å². The van der Waals surface area contributed by atoms with E-state index in [1.165, 1.54) is 43.8 Å². The third kappa shape index (κ3) is 2.45.